The fourth-order valence-corrected chi connectivity index (χ4v) is 10.3. The number of rotatable bonds is 20. The highest BCUT2D eigenvalue weighted by atomic mass is 16.8. The number of carbonyl (C=O) groups excluding carboxylic acids is 4. The average molecular weight is 1150 g/mol. The summed E-state index contributed by atoms with van der Waals surface area (Å²) in [5.74, 6) is -3.12. The van der Waals surface area contributed by atoms with Gasteiger partial charge >= 0.3 is 0 Å². The van der Waals surface area contributed by atoms with E-state index < -0.39 is 241 Å². The Morgan fingerprint density at radius 2 is 0.772 bits per heavy atom. The Bertz CT molecular complexity index is 1990. The third-order valence-electron chi connectivity index (χ3n) is 14.3. The van der Waals surface area contributed by atoms with Crippen LogP contribution in [0.4, 0.5) is 0 Å². The van der Waals surface area contributed by atoms with E-state index in [4.69, 9.17) is 62.6 Å². The van der Waals surface area contributed by atoms with Gasteiger partial charge in [-0.1, -0.05) is 0 Å². The first kappa shape index (κ1) is 65.0. The SMILES string of the molecule is COC1C(OCC2OC(O)C(NC(C)=O)C(O)C2OC2OC(CO)C(OC3OC(CO)C(OC4OC(CO)C(OC5OC(CO)[C@@H](O)C(O)C5N)C(O)C4NC(C)=O)C(O)C3NC(C)=O)C(O)C2NC(C)=O)OC(C)C(O)C1O. The fourth-order valence-electron chi connectivity index (χ4n) is 10.3. The lowest BCUT2D eigenvalue weighted by Crippen LogP contribution is -2.72. The van der Waals surface area contributed by atoms with Gasteiger partial charge in [-0.15, -0.1) is 0 Å². The minimum Gasteiger partial charge on any atom is -0.394 e. The van der Waals surface area contributed by atoms with Crippen LogP contribution in [0.5, 0.6) is 0 Å². The number of hydrogen-bond donors (Lipinski definition) is 18. The number of carbonyl (C=O) groups is 4. The highest BCUT2D eigenvalue weighted by Gasteiger charge is 2.58. The Morgan fingerprint density at radius 3 is 1.15 bits per heavy atom. The summed E-state index contributed by atoms with van der Waals surface area (Å²) in [5, 5.41) is 152. The molecular formula is C45H77N5O29. The summed E-state index contributed by atoms with van der Waals surface area (Å²) < 4.78 is 70.6. The maximum Gasteiger partial charge on any atom is 0.217 e. The second kappa shape index (κ2) is 28.4. The Hall–Kier alpha value is -3.16. The number of methoxy groups -OCH3 is 1. The zero-order valence-corrected chi connectivity index (χ0v) is 43.8. The second-order valence-electron chi connectivity index (χ2n) is 20.0. The van der Waals surface area contributed by atoms with E-state index in [1.54, 1.807) is 0 Å². The lowest BCUT2D eigenvalue weighted by atomic mass is 9.93. The summed E-state index contributed by atoms with van der Waals surface area (Å²) in [5.41, 5.74) is 6.04. The molecule has 4 amide bonds. The normalized spacial score (nSPS) is 46.7. The Kier molecular flexibility index (Phi) is 23.4. The molecule has 0 bridgehead atoms. The summed E-state index contributed by atoms with van der Waals surface area (Å²) in [6.07, 6.45) is -41.7. The van der Waals surface area contributed by atoms with Crippen molar-refractivity contribution in [2.24, 2.45) is 5.73 Å². The Morgan fingerprint density at radius 1 is 0.418 bits per heavy atom. The van der Waals surface area contributed by atoms with Crippen LogP contribution in [0.3, 0.4) is 0 Å². The van der Waals surface area contributed by atoms with Crippen molar-refractivity contribution in [2.45, 2.75) is 219 Å². The number of nitrogens with two attached hydrogens (primary N) is 1. The van der Waals surface area contributed by atoms with E-state index in [-0.39, 0.29) is 0 Å². The molecule has 0 aromatic heterocycles. The molecule has 456 valence electrons. The molecule has 30 atom stereocenters. The zero-order chi connectivity index (χ0) is 58.5. The van der Waals surface area contributed by atoms with E-state index in [9.17, 15) is 85.6 Å². The minimum atomic E-state index is -2.02. The number of amides is 4. The lowest BCUT2D eigenvalue weighted by molar-refractivity contribution is -0.368. The first-order valence-corrected chi connectivity index (χ1v) is 25.4. The van der Waals surface area contributed by atoms with Crippen molar-refractivity contribution >= 4 is 23.6 Å². The number of ether oxygens (including phenoxy) is 12. The van der Waals surface area contributed by atoms with Crippen LogP contribution in [-0.2, 0) is 76.0 Å². The van der Waals surface area contributed by atoms with Crippen molar-refractivity contribution in [1.82, 2.24) is 21.3 Å². The molecule has 0 aliphatic carbocycles. The molecule has 6 heterocycles. The monoisotopic (exact) mass is 1150 g/mol. The molecule has 0 aromatic carbocycles. The summed E-state index contributed by atoms with van der Waals surface area (Å²) in [6, 6.07) is -8.17. The Balaban J connectivity index is 1.23. The summed E-state index contributed by atoms with van der Waals surface area (Å²) in [6.45, 7) is 1.30. The van der Waals surface area contributed by atoms with Crippen molar-refractivity contribution in [1.29, 1.82) is 0 Å². The fraction of sp³-hybridized carbons (Fsp3) is 0.911. The van der Waals surface area contributed by atoms with Gasteiger partial charge in [0.25, 0.3) is 0 Å². The molecule has 6 rings (SSSR count). The molecule has 0 spiro atoms. The van der Waals surface area contributed by atoms with Crippen LogP contribution < -0.4 is 27.0 Å². The van der Waals surface area contributed by atoms with E-state index in [0.29, 0.717) is 0 Å². The molecule has 6 aliphatic rings. The van der Waals surface area contributed by atoms with Crippen LogP contribution in [0, 0.1) is 0 Å². The number of aliphatic hydroxyl groups is 13. The molecule has 6 aliphatic heterocycles. The van der Waals surface area contributed by atoms with Gasteiger partial charge in [-0.05, 0) is 6.92 Å². The van der Waals surface area contributed by atoms with Crippen molar-refractivity contribution in [3.63, 3.8) is 0 Å². The van der Waals surface area contributed by atoms with Gasteiger partial charge in [0.2, 0.25) is 23.6 Å². The van der Waals surface area contributed by atoms with Crippen molar-refractivity contribution in [2.75, 3.05) is 40.1 Å². The van der Waals surface area contributed by atoms with Gasteiger partial charge in [-0.25, -0.2) is 0 Å². The van der Waals surface area contributed by atoms with Crippen LogP contribution in [0.15, 0.2) is 0 Å². The van der Waals surface area contributed by atoms with E-state index in [0.717, 1.165) is 27.7 Å². The summed E-state index contributed by atoms with van der Waals surface area (Å²) >= 11 is 0. The molecule has 6 fully saturated rings. The molecule has 0 radical (unpaired) electrons. The predicted molar refractivity (Wildman–Crippen MR) is 251 cm³/mol. The van der Waals surface area contributed by atoms with Gasteiger partial charge in [0.15, 0.2) is 37.7 Å². The van der Waals surface area contributed by atoms with E-state index >= 15 is 0 Å². The third-order valence-corrected chi connectivity index (χ3v) is 14.3. The van der Waals surface area contributed by atoms with E-state index in [2.05, 4.69) is 21.3 Å². The maximum absolute atomic E-state index is 12.8. The van der Waals surface area contributed by atoms with Crippen LogP contribution in [0.1, 0.15) is 34.6 Å². The van der Waals surface area contributed by atoms with Crippen molar-refractivity contribution in [3.8, 4) is 0 Å². The van der Waals surface area contributed by atoms with Crippen LogP contribution in [0.25, 0.3) is 0 Å². The minimum absolute atomic E-state index is 0.627. The van der Waals surface area contributed by atoms with Crippen molar-refractivity contribution < 1.29 is 142 Å². The third kappa shape index (κ3) is 14.8. The largest absolute Gasteiger partial charge is 0.394 e. The van der Waals surface area contributed by atoms with Crippen LogP contribution in [-0.4, -0.2) is 314 Å². The molecule has 34 heteroatoms. The number of hydrogen-bond acceptors (Lipinski definition) is 30. The predicted octanol–water partition coefficient (Wildman–Crippen LogP) is -11.9. The first-order valence-electron chi connectivity index (χ1n) is 25.4. The van der Waals surface area contributed by atoms with Crippen LogP contribution >= 0.6 is 0 Å². The van der Waals surface area contributed by atoms with Gasteiger partial charge in [0, 0.05) is 34.8 Å². The lowest BCUT2D eigenvalue weighted by Gasteiger charge is -2.51. The molecule has 6 saturated heterocycles. The number of aliphatic hydroxyl groups excluding tert-OH is 13. The highest BCUT2D eigenvalue weighted by Crippen LogP contribution is 2.36. The summed E-state index contributed by atoms with van der Waals surface area (Å²) in [4.78, 5) is 50.3. The number of nitrogens with one attached hydrogen (secondary N) is 4. The van der Waals surface area contributed by atoms with Gasteiger partial charge in [-0.3, -0.25) is 19.2 Å². The van der Waals surface area contributed by atoms with Gasteiger partial charge in [0.1, 0.15) is 134 Å². The average Bonchev–Trinajstić information content (AvgIpc) is 3.49. The Labute approximate surface area is 451 Å². The molecule has 19 N–H and O–H groups in total. The highest BCUT2D eigenvalue weighted by molar-refractivity contribution is 5.74. The molecule has 34 nitrogen and oxygen atoms in total. The standard InChI is InChI=1S/C45H77N5O29/c1-12-27(59)34(66)39(68-6)45(70-12)69-11-21-38(30(62)23(40(67)71-21)47-13(2)55)79-44-26(50-16(5)58)33(65)37(20(10-54)75-44)78-43-25(49-15(4)57)32(64)36(19(9-53)74-43)77-42-24(48-14(3)56)31(63)35(18(8-52)73-42)76-41-22(46)29(61)28(60)17(7-51)72-41/h12,17-45,51-54,59-67H,7-11,46H2,1-6H3,(H,47,55)(H,48,56)(H,49,57)(H,50,58)/t12?,17?,18?,19?,20?,21?,22?,23?,24?,25?,26?,27?,28-,29?,30?,31?,32?,33?,34?,35?,36?,37?,38?,39?,40?,41?,42?,43?,44?,45?/m1/s1. The molecule has 29 unspecified atom stereocenters. The second-order valence-corrected chi connectivity index (χ2v) is 20.0. The van der Waals surface area contributed by atoms with Gasteiger partial charge < -0.3 is 150 Å². The zero-order valence-electron chi connectivity index (χ0n) is 43.8. The maximum atomic E-state index is 12.8. The smallest absolute Gasteiger partial charge is 0.217 e. The topological polar surface area (TPSA) is 516 Å². The van der Waals surface area contributed by atoms with Gasteiger partial charge in [-0.2, -0.15) is 0 Å². The quantitative estimate of drug-likeness (QED) is 0.0538. The first-order chi connectivity index (χ1) is 37.3. The van der Waals surface area contributed by atoms with Crippen LogP contribution in [0.2, 0.25) is 0 Å². The van der Waals surface area contributed by atoms with E-state index in [1.165, 1.54) is 14.0 Å². The molecule has 79 heavy (non-hydrogen) atoms. The molecular weight excluding hydrogens is 1070 g/mol. The van der Waals surface area contributed by atoms with Gasteiger partial charge in [0.05, 0.1) is 45.2 Å². The molecule has 0 aromatic rings. The molecule has 0 saturated carbocycles. The summed E-state index contributed by atoms with van der Waals surface area (Å²) in [7, 11) is 1.21. The van der Waals surface area contributed by atoms with Crippen molar-refractivity contribution in [3.05, 3.63) is 0 Å². The van der Waals surface area contributed by atoms with E-state index in [1.807, 2.05) is 0 Å².